The molecule has 0 N–H and O–H groups in total. The first kappa shape index (κ1) is 6.94. The van der Waals surface area contributed by atoms with Gasteiger partial charge in [-0.3, -0.25) is 0 Å². The van der Waals surface area contributed by atoms with E-state index in [-0.39, 0.29) is 0 Å². The Bertz CT molecular complexity index is 364. The maximum atomic E-state index is 12.8. The fraction of sp³-hybridized carbons (Fsp3) is 0. The lowest BCUT2D eigenvalue weighted by molar-refractivity contribution is 0.631. The van der Waals surface area contributed by atoms with Gasteiger partial charge < -0.3 is 0 Å². The first-order valence-electron chi connectivity index (χ1n) is 2.82. The van der Waals surface area contributed by atoms with Gasteiger partial charge in [-0.1, -0.05) is 11.6 Å². The standard InChI is InChI=1S/C6H2ClFN2S/c7-6-5-4(10-2-11-5)3(8)1-9-6/h1-2H. The second-order valence-corrected chi connectivity index (χ2v) is 3.14. The SMILES string of the molecule is Fc1cnc(Cl)c2scnc12. The van der Waals surface area contributed by atoms with E-state index >= 15 is 0 Å². The van der Waals surface area contributed by atoms with E-state index in [0.717, 1.165) is 6.20 Å². The molecule has 0 radical (unpaired) electrons. The third kappa shape index (κ3) is 0.985. The number of fused-ring (bicyclic) bond motifs is 1. The molecule has 0 amide bonds. The number of thiazole rings is 1. The minimum Gasteiger partial charge on any atom is -0.241 e. The predicted molar refractivity (Wildman–Crippen MR) is 42.4 cm³/mol. The van der Waals surface area contributed by atoms with Gasteiger partial charge >= 0.3 is 0 Å². The van der Waals surface area contributed by atoms with Crippen molar-refractivity contribution in [2.24, 2.45) is 0 Å². The molecule has 0 aliphatic carbocycles. The Morgan fingerprint density at radius 1 is 1.45 bits per heavy atom. The van der Waals surface area contributed by atoms with Gasteiger partial charge in [-0.05, 0) is 0 Å². The van der Waals surface area contributed by atoms with Crippen molar-refractivity contribution in [2.45, 2.75) is 0 Å². The number of aromatic nitrogens is 2. The van der Waals surface area contributed by atoms with E-state index in [1.54, 1.807) is 5.51 Å². The average Bonchev–Trinajstić information content (AvgIpc) is 2.45. The van der Waals surface area contributed by atoms with Crippen molar-refractivity contribution in [3.63, 3.8) is 0 Å². The number of hydrogen-bond donors (Lipinski definition) is 0. The maximum Gasteiger partial charge on any atom is 0.168 e. The molecule has 0 atom stereocenters. The minimum atomic E-state index is -0.425. The molecular weight excluding hydrogens is 187 g/mol. The van der Waals surface area contributed by atoms with Gasteiger partial charge in [-0.15, -0.1) is 11.3 Å². The normalized spacial score (nSPS) is 10.7. The molecule has 2 nitrogen and oxygen atoms in total. The molecular formula is C6H2ClFN2S. The summed E-state index contributed by atoms with van der Waals surface area (Å²) < 4.78 is 13.4. The van der Waals surface area contributed by atoms with E-state index in [0.29, 0.717) is 15.4 Å². The van der Waals surface area contributed by atoms with E-state index < -0.39 is 5.82 Å². The van der Waals surface area contributed by atoms with Crippen molar-refractivity contribution in [3.8, 4) is 0 Å². The summed E-state index contributed by atoms with van der Waals surface area (Å²) in [5.74, 6) is -0.425. The molecule has 0 saturated carbocycles. The van der Waals surface area contributed by atoms with E-state index in [1.165, 1.54) is 11.3 Å². The third-order valence-corrected chi connectivity index (χ3v) is 2.50. The van der Waals surface area contributed by atoms with Crippen molar-refractivity contribution >= 4 is 33.2 Å². The van der Waals surface area contributed by atoms with Crippen LogP contribution >= 0.6 is 22.9 Å². The van der Waals surface area contributed by atoms with Crippen molar-refractivity contribution in [1.29, 1.82) is 0 Å². The number of halogens is 2. The number of hydrogen-bond acceptors (Lipinski definition) is 3. The van der Waals surface area contributed by atoms with Crippen LogP contribution in [0, 0.1) is 5.82 Å². The van der Waals surface area contributed by atoms with Gasteiger partial charge in [0.2, 0.25) is 0 Å². The van der Waals surface area contributed by atoms with E-state index in [1.807, 2.05) is 0 Å². The maximum absolute atomic E-state index is 12.8. The van der Waals surface area contributed by atoms with Crippen LogP contribution in [0.5, 0.6) is 0 Å². The van der Waals surface area contributed by atoms with Crippen LogP contribution in [0.1, 0.15) is 0 Å². The molecule has 0 saturated heterocycles. The van der Waals surface area contributed by atoms with E-state index in [2.05, 4.69) is 9.97 Å². The average molecular weight is 189 g/mol. The first-order valence-corrected chi connectivity index (χ1v) is 4.08. The smallest absolute Gasteiger partial charge is 0.168 e. The molecule has 0 unspecified atom stereocenters. The topological polar surface area (TPSA) is 25.8 Å². The minimum absolute atomic E-state index is 0.301. The molecule has 2 rings (SSSR count). The molecule has 0 fully saturated rings. The zero-order chi connectivity index (χ0) is 7.84. The molecule has 2 heterocycles. The number of rotatable bonds is 0. The van der Waals surface area contributed by atoms with Crippen LogP contribution in [0.4, 0.5) is 4.39 Å². The Hall–Kier alpha value is -0.740. The van der Waals surface area contributed by atoms with Gasteiger partial charge in [0.05, 0.1) is 16.4 Å². The molecule has 56 valence electrons. The molecule has 0 aromatic carbocycles. The lowest BCUT2D eigenvalue weighted by Crippen LogP contribution is -1.81. The van der Waals surface area contributed by atoms with E-state index in [9.17, 15) is 4.39 Å². The first-order chi connectivity index (χ1) is 5.29. The highest BCUT2D eigenvalue weighted by molar-refractivity contribution is 7.17. The summed E-state index contributed by atoms with van der Waals surface area (Å²) in [4.78, 5) is 7.44. The molecule has 0 spiro atoms. The molecule has 5 heteroatoms. The molecule has 11 heavy (non-hydrogen) atoms. The Morgan fingerprint density at radius 2 is 2.27 bits per heavy atom. The fourth-order valence-electron chi connectivity index (χ4n) is 0.796. The third-order valence-electron chi connectivity index (χ3n) is 1.27. The van der Waals surface area contributed by atoms with Crippen LogP contribution in [0.2, 0.25) is 5.15 Å². The van der Waals surface area contributed by atoms with Gasteiger partial charge in [0.25, 0.3) is 0 Å². The predicted octanol–water partition coefficient (Wildman–Crippen LogP) is 2.48. The highest BCUT2D eigenvalue weighted by atomic mass is 35.5. The Kier molecular flexibility index (Phi) is 1.51. The highest BCUT2D eigenvalue weighted by Gasteiger charge is 2.07. The lowest BCUT2D eigenvalue weighted by atomic mass is 10.4. The highest BCUT2D eigenvalue weighted by Crippen LogP contribution is 2.25. The quantitative estimate of drug-likeness (QED) is 0.594. The molecule has 2 aromatic heterocycles. The van der Waals surface area contributed by atoms with Gasteiger partial charge in [0.15, 0.2) is 5.82 Å². The second-order valence-electron chi connectivity index (χ2n) is 1.93. The van der Waals surface area contributed by atoms with Gasteiger partial charge in [-0.2, -0.15) is 0 Å². The summed E-state index contributed by atoms with van der Waals surface area (Å²) in [5.41, 5.74) is 1.84. The van der Waals surface area contributed by atoms with E-state index in [4.69, 9.17) is 11.6 Å². The Balaban J connectivity index is 2.96. The fourth-order valence-corrected chi connectivity index (χ4v) is 1.74. The van der Waals surface area contributed by atoms with Crippen molar-refractivity contribution in [2.75, 3.05) is 0 Å². The lowest BCUT2D eigenvalue weighted by Gasteiger charge is -1.90. The Labute approximate surface area is 70.7 Å². The molecule has 0 aliphatic heterocycles. The largest absolute Gasteiger partial charge is 0.241 e. The van der Waals surface area contributed by atoms with Crippen LogP contribution < -0.4 is 0 Å². The Morgan fingerprint density at radius 3 is 3.00 bits per heavy atom. The molecule has 0 aliphatic rings. The van der Waals surface area contributed by atoms with Crippen molar-refractivity contribution in [1.82, 2.24) is 9.97 Å². The van der Waals surface area contributed by atoms with Gasteiger partial charge in [0.1, 0.15) is 10.7 Å². The summed E-state index contributed by atoms with van der Waals surface area (Å²) in [6, 6.07) is 0. The molecule has 0 bridgehead atoms. The second kappa shape index (κ2) is 2.39. The number of nitrogens with zero attached hydrogens (tertiary/aromatic N) is 2. The van der Waals surface area contributed by atoms with Crippen LogP contribution in [-0.4, -0.2) is 9.97 Å². The summed E-state index contributed by atoms with van der Waals surface area (Å²) in [6.45, 7) is 0. The monoisotopic (exact) mass is 188 g/mol. The van der Waals surface area contributed by atoms with Crippen LogP contribution in [0.15, 0.2) is 11.7 Å². The molecule has 2 aromatic rings. The number of pyridine rings is 1. The van der Waals surface area contributed by atoms with Crippen molar-refractivity contribution < 1.29 is 4.39 Å². The van der Waals surface area contributed by atoms with Crippen LogP contribution in [0.25, 0.3) is 10.2 Å². The summed E-state index contributed by atoms with van der Waals surface area (Å²) in [5, 5.41) is 0.309. The van der Waals surface area contributed by atoms with Crippen LogP contribution in [-0.2, 0) is 0 Å². The summed E-state index contributed by atoms with van der Waals surface area (Å²) in [6.07, 6.45) is 1.07. The summed E-state index contributed by atoms with van der Waals surface area (Å²) >= 11 is 6.95. The van der Waals surface area contributed by atoms with Gasteiger partial charge in [0, 0.05) is 0 Å². The summed E-state index contributed by atoms with van der Waals surface area (Å²) in [7, 11) is 0. The zero-order valence-corrected chi connectivity index (χ0v) is 6.79. The van der Waals surface area contributed by atoms with Crippen molar-refractivity contribution in [3.05, 3.63) is 22.7 Å². The van der Waals surface area contributed by atoms with Gasteiger partial charge in [-0.25, -0.2) is 14.4 Å². The van der Waals surface area contributed by atoms with Crippen LogP contribution in [0.3, 0.4) is 0 Å². The zero-order valence-electron chi connectivity index (χ0n) is 5.21.